The van der Waals surface area contributed by atoms with Gasteiger partial charge in [0, 0.05) is 61.9 Å². The summed E-state index contributed by atoms with van der Waals surface area (Å²) >= 11 is 6.02. The fraction of sp³-hybridized carbons (Fsp3) is 0.393. The van der Waals surface area contributed by atoms with Crippen molar-refractivity contribution < 1.29 is 4.79 Å². The van der Waals surface area contributed by atoms with Crippen molar-refractivity contribution in [2.75, 3.05) is 44.2 Å². The molecule has 1 aromatic heterocycles. The standard InChI is InChI=1S/C28H35ClN4O.ClH/c1-20-7-5-8-26(21(20)2)33-17-15-32(16-18-33)14-6-13-30-28(34)25-19-27(31(4)22(25)3)23-9-11-24(29)12-10-23;/h5,7-12,19H,6,13-18H2,1-4H3,(H,30,34);1H. The fourth-order valence-corrected chi connectivity index (χ4v) is 4.84. The van der Waals surface area contributed by atoms with Gasteiger partial charge in [-0.2, -0.15) is 0 Å². The van der Waals surface area contributed by atoms with E-state index in [4.69, 9.17) is 11.6 Å². The largest absolute Gasteiger partial charge is 0.369 e. The molecule has 1 aliphatic rings. The van der Waals surface area contributed by atoms with Gasteiger partial charge in [-0.3, -0.25) is 9.69 Å². The van der Waals surface area contributed by atoms with Gasteiger partial charge in [-0.05, 0) is 74.7 Å². The number of anilines is 1. The maximum atomic E-state index is 12.9. The van der Waals surface area contributed by atoms with E-state index in [-0.39, 0.29) is 18.3 Å². The molecule has 0 unspecified atom stereocenters. The van der Waals surface area contributed by atoms with Gasteiger partial charge in [-0.1, -0.05) is 35.9 Å². The number of aryl methyl sites for hydroxylation is 1. The zero-order valence-corrected chi connectivity index (χ0v) is 22.7. The van der Waals surface area contributed by atoms with Crippen LogP contribution in [0.5, 0.6) is 0 Å². The number of halogens is 2. The lowest BCUT2D eigenvalue weighted by molar-refractivity contribution is 0.0950. The first-order valence-corrected chi connectivity index (χ1v) is 12.5. The third-order valence-corrected chi connectivity index (χ3v) is 7.40. The molecule has 0 bridgehead atoms. The van der Waals surface area contributed by atoms with E-state index >= 15 is 0 Å². The molecule has 188 valence electrons. The zero-order chi connectivity index (χ0) is 24.2. The highest BCUT2D eigenvalue weighted by atomic mass is 35.5. The number of hydrogen-bond acceptors (Lipinski definition) is 3. The number of aromatic nitrogens is 1. The molecule has 1 amide bonds. The lowest BCUT2D eigenvalue weighted by atomic mass is 10.1. The van der Waals surface area contributed by atoms with Crippen LogP contribution in [0.3, 0.4) is 0 Å². The van der Waals surface area contributed by atoms with Gasteiger partial charge >= 0.3 is 0 Å². The number of hydrogen-bond donors (Lipinski definition) is 1. The van der Waals surface area contributed by atoms with E-state index in [0.717, 1.165) is 61.7 Å². The number of amides is 1. The van der Waals surface area contributed by atoms with Crippen molar-refractivity contribution in [1.82, 2.24) is 14.8 Å². The maximum absolute atomic E-state index is 12.9. The molecule has 5 nitrogen and oxygen atoms in total. The van der Waals surface area contributed by atoms with Gasteiger partial charge in [0.05, 0.1) is 5.56 Å². The van der Waals surface area contributed by atoms with Crippen molar-refractivity contribution in [2.24, 2.45) is 7.05 Å². The Morgan fingerprint density at radius 2 is 1.69 bits per heavy atom. The van der Waals surface area contributed by atoms with Crippen molar-refractivity contribution in [3.8, 4) is 11.3 Å². The Balaban J connectivity index is 0.00000342. The molecule has 1 fully saturated rings. The molecular formula is C28H36Cl2N4O. The Labute approximate surface area is 220 Å². The van der Waals surface area contributed by atoms with Crippen LogP contribution < -0.4 is 10.2 Å². The molecule has 2 aromatic carbocycles. The quantitative estimate of drug-likeness (QED) is 0.415. The van der Waals surface area contributed by atoms with E-state index in [1.807, 2.05) is 44.3 Å². The first-order valence-electron chi connectivity index (χ1n) is 12.1. The van der Waals surface area contributed by atoms with Crippen LogP contribution in [0.2, 0.25) is 5.02 Å². The van der Waals surface area contributed by atoms with Crippen molar-refractivity contribution >= 4 is 35.6 Å². The van der Waals surface area contributed by atoms with Crippen molar-refractivity contribution in [3.05, 3.63) is 75.9 Å². The molecule has 0 saturated carbocycles. The van der Waals surface area contributed by atoms with Crippen LogP contribution in [0.25, 0.3) is 11.3 Å². The monoisotopic (exact) mass is 514 g/mol. The highest BCUT2D eigenvalue weighted by Crippen LogP contribution is 2.26. The minimum Gasteiger partial charge on any atom is -0.369 e. The van der Waals surface area contributed by atoms with Crippen LogP contribution in [0.1, 0.15) is 33.6 Å². The number of benzene rings is 2. The first kappa shape index (κ1) is 27.1. The molecule has 1 N–H and O–H groups in total. The summed E-state index contributed by atoms with van der Waals surface area (Å²) in [6.07, 6.45) is 0.950. The summed E-state index contributed by atoms with van der Waals surface area (Å²) in [7, 11) is 1.99. The van der Waals surface area contributed by atoms with Crippen molar-refractivity contribution in [2.45, 2.75) is 27.2 Å². The van der Waals surface area contributed by atoms with E-state index in [0.29, 0.717) is 11.6 Å². The Morgan fingerprint density at radius 1 is 1.00 bits per heavy atom. The fourth-order valence-electron chi connectivity index (χ4n) is 4.72. The molecule has 0 radical (unpaired) electrons. The predicted molar refractivity (Wildman–Crippen MR) is 149 cm³/mol. The van der Waals surface area contributed by atoms with Gasteiger partial charge in [0.2, 0.25) is 0 Å². The number of piperazine rings is 1. The highest BCUT2D eigenvalue weighted by Gasteiger charge is 2.19. The van der Waals surface area contributed by atoms with Gasteiger partial charge < -0.3 is 14.8 Å². The smallest absolute Gasteiger partial charge is 0.253 e. The first-order chi connectivity index (χ1) is 16.3. The molecule has 0 spiro atoms. The van der Waals surface area contributed by atoms with Gasteiger partial charge in [-0.15, -0.1) is 12.4 Å². The summed E-state index contributed by atoms with van der Waals surface area (Å²) in [4.78, 5) is 17.9. The summed E-state index contributed by atoms with van der Waals surface area (Å²) in [5.41, 5.74) is 7.86. The van der Waals surface area contributed by atoms with Gasteiger partial charge in [0.25, 0.3) is 5.91 Å². The number of nitrogens with one attached hydrogen (secondary N) is 1. The third-order valence-electron chi connectivity index (χ3n) is 7.15. The molecular weight excluding hydrogens is 479 g/mol. The normalized spacial score (nSPS) is 14.0. The molecule has 0 aliphatic carbocycles. The second kappa shape index (κ2) is 12.0. The lowest BCUT2D eigenvalue weighted by Crippen LogP contribution is -2.47. The summed E-state index contributed by atoms with van der Waals surface area (Å²) in [5.74, 6) is -0.00643. The number of nitrogens with zero attached hydrogens (tertiary/aromatic N) is 3. The molecule has 3 aromatic rings. The van der Waals surface area contributed by atoms with E-state index in [1.165, 1.54) is 16.8 Å². The third kappa shape index (κ3) is 6.21. The Morgan fingerprint density at radius 3 is 2.37 bits per heavy atom. The van der Waals surface area contributed by atoms with Crippen LogP contribution in [0, 0.1) is 20.8 Å². The van der Waals surface area contributed by atoms with Crippen LogP contribution in [0.15, 0.2) is 48.5 Å². The van der Waals surface area contributed by atoms with E-state index in [1.54, 1.807) is 0 Å². The molecule has 2 heterocycles. The Bertz CT molecular complexity index is 1150. The number of rotatable bonds is 7. The predicted octanol–water partition coefficient (Wildman–Crippen LogP) is 5.63. The van der Waals surface area contributed by atoms with E-state index in [2.05, 4.69) is 51.7 Å². The van der Waals surface area contributed by atoms with E-state index < -0.39 is 0 Å². The van der Waals surface area contributed by atoms with Crippen molar-refractivity contribution in [1.29, 1.82) is 0 Å². The number of carbonyl (C=O) groups excluding carboxylic acids is 1. The lowest BCUT2D eigenvalue weighted by Gasteiger charge is -2.37. The summed E-state index contributed by atoms with van der Waals surface area (Å²) in [6, 6.07) is 16.3. The molecule has 4 rings (SSSR count). The minimum absolute atomic E-state index is 0. The second-order valence-electron chi connectivity index (χ2n) is 9.25. The van der Waals surface area contributed by atoms with Crippen molar-refractivity contribution in [3.63, 3.8) is 0 Å². The SMILES string of the molecule is Cc1cccc(N2CCN(CCCNC(=O)c3cc(-c4ccc(Cl)cc4)n(C)c3C)CC2)c1C.Cl. The Kier molecular flexibility index (Phi) is 9.28. The van der Waals surface area contributed by atoms with Gasteiger partial charge in [0.1, 0.15) is 0 Å². The van der Waals surface area contributed by atoms with Crippen LogP contribution in [-0.4, -0.2) is 54.6 Å². The number of carbonyl (C=O) groups is 1. The second-order valence-corrected chi connectivity index (χ2v) is 9.69. The van der Waals surface area contributed by atoms with Gasteiger partial charge in [0.15, 0.2) is 0 Å². The molecule has 1 aliphatic heterocycles. The molecule has 1 saturated heterocycles. The maximum Gasteiger partial charge on any atom is 0.253 e. The molecule has 7 heteroatoms. The van der Waals surface area contributed by atoms with Gasteiger partial charge in [-0.25, -0.2) is 0 Å². The highest BCUT2D eigenvalue weighted by molar-refractivity contribution is 6.30. The molecule has 35 heavy (non-hydrogen) atoms. The Hall–Kier alpha value is -2.47. The topological polar surface area (TPSA) is 40.5 Å². The minimum atomic E-state index is -0.00643. The average molecular weight is 516 g/mol. The van der Waals surface area contributed by atoms with Crippen LogP contribution in [0.4, 0.5) is 5.69 Å². The van der Waals surface area contributed by atoms with Crippen LogP contribution >= 0.6 is 24.0 Å². The average Bonchev–Trinajstić information content (AvgIpc) is 3.14. The summed E-state index contributed by atoms with van der Waals surface area (Å²) in [6.45, 7) is 12.3. The summed E-state index contributed by atoms with van der Waals surface area (Å²) in [5, 5.41) is 3.83. The van der Waals surface area contributed by atoms with Crippen LogP contribution in [-0.2, 0) is 7.05 Å². The molecule has 0 atom stereocenters. The van der Waals surface area contributed by atoms with E-state index in [9.17, 15) is 4.79 Å². The summed E-state index contributed by atoms with van der Waals surface area (Å²) < 4.78 is 2.06. The zero-order valence-electron chi connectivity index (χ0n) is 21.1.